The summed E-state index contributed by atoms with van der Waals surface area (Å²) in [6.45, 7) is 0. The highest BCUT2D eigenvalue weighted by Crippen LogP contribution is 2.43. The Labute approximate surface area is 297 Å². The molecule has 0 aliphatic heterocycles. The third-order valence-corrected chi connectivity index (χ3v) is 10.1. The van der Waals surface area contributed by atoms with Crippen LogP contribution in [0.5, 0.6) is 0 Å². The Kier molecular flexibility index (Phi) is 6.18. The van der Waals surface area contributed by atoms with E-state index in [1.54, 1.807) is 0 Å². The topological polar surface area (TPSA) is 65.0 Å². The molecule has 0 bridgehead atoms. The van der Waals surface area contributed by atoms with Crippen LogP contribution >= 0.6 is 0 Å². The fourth-order valence-electron chi connectivity index (χ4n) is 7.60. The second-order valence-electron chi connectivity index (χ2n) is 13.2. The maximum atomic E-state index is 6.70. The molecule has 0 saturated heterocycles. The number of hydrogen-bond acceptors (Lipinski definition) is 5. The van der Waals surface area contributed by atoms with Crippen molar-refractivity contribution < 1.29 is 8.83 Å². The molecule has 3 heterocycles. The predicted octanol–water partition coefficient (Wildman–Crippen LogP) is 12.6. The molecule has 5 nitrogen and oxygen atoms in total. The van der Waals surface area contributed by atoms with Crippen molar-refractivity contribution in [3.63, 3.8) is 0 Å². The summed E-state index contributed by atoms with van der Waals surface area (Å²) >= 11 is 0. The highest BCUT2D eigenvalue weighted by atomic mass is 16.3. The minimum absolute atomic E-state index is 0.539. The second kappa shape index (κ2) is 11.2. The van der Waals surface area contributed by atoms with Crippen LogP contribution in [0.1, 0.15) is 0 Å². The van der Waals surface area contributed by atoms with E-state index in [2.05, 4.69) is 115 Å². The molecule has 0 aliphatic carbocycles. The quantitative estimate of drug-likeness (QED) is 0.187. The van der Waals surface area contributed by atoms with Crippen LogP contribution < -0.4 is 0 Å². The summed E-state index contributed by atoms with van der Waals surface area (Å²) in [5.41, 5.74) is 7.84. The lowest BCUT2D eigenvalue weighted by Gasteiger charge is -2.12. The molecule has 11 rings (SSSR count). The average Bonchev–Trinajstić information content (AvgIpc) is 3.79. The molecule has 8 aromatic carbocycles. The zero-order chi connectivity index (χ0) is 34.2. The van der Waals surface area contributed by atoms with E-state index in [1.807, 2.05) is 48.5 Å². The van der Waals surface area contributed by atoms with E-state index in [4.69, 9.17) is 23.8 Å². The summed E-state index contributed by atoms with van der Waals surface area (Å²) in [4.78, 5) is 15.6. The van der Waals surface area contributed by atoms with Crippen LogP contribution in [0.25, 0.3) is 111 Å². The molecule has 0 unspecified atom stereocenters. The van der Waals surface area contributed by atoms with E-state index in [0.717, 1.165) is 82.5 Å². The second-order valence-corrected chi connectivity index (χ2v) is 13.2. The maximum Gasteiger partial charge on any atom is 0.167 e. The Morgan fingerprint density at radius 2 is 0.865 bits per heavy atom. The van der Waals surface area contributed by atoms with Crippen molar-refractivity contribution in [3.05, 3.63) is 164 Å². The van der Waals surface area contributed by atoms with Crippen LogP contribution in [0.15, 0.2) is 173 Å². The normalized spacial score (nSPS) is 11.8. The molecule has 0 spiro atoms. The molecular formula is C47H27N3O2. The molecule has 0 atom stereocenters. The predicted molar refractivity (Wildman–Crippen MR) is 211 cm³/mol. The van der Waals surface area contributed by atoms with Gasteiger partial charge in [-0.05, 0) is 69.6 Å². The largest absolute Gasteiger partial charge is 0.455 e. The summed E-state index contributed by atoms with van der Waals surface area (Å²) in [5, 5.41) is 8.69. The van der Waals surface area contributed by atoms with Gasteiger partial charge in [-0.3, -0.25) is 0 Å². The van der Waals surface area contributed by atoms with E-state index in [1.165, 1.54) is 10.8 Å². The zero-order valence-corrected chi connectivity index (χ0v) is 27.7. The lowest BCUT2D eigenvalue weighted by molar-refractivity contribution is 0.669. The van der Waals surface area contributed by atoms with Crippen LogP contribution in [0.4, 0.5) is 0 Å². The monoisotopic (exact) mass is 665 g/mol. The van der Waals surface area contributed by atoms with Crippen LogP contribution in [-0.2, 0) is 0 Å². The molecule has 52 heavy (non-hydrogen) atoms. The lowest BCUT2D eigenvalue weighted by atomic mass is 9.96. The summed E-state index contributed by atoms with van der Waals surface area (Å²) in [7, 11) is 0. The molecule has 242 valence electrons. The zero-order valence-electron chi connectivity index (χ0n) is 27.7. The Morgan fingerprint density at radius 3 is 1.63 bits per heavy atom. The van der Waals surface area contributed by atoms with Gasteiger partial charge in [0.15, 0.2) is 17.5 Å². The van der Waals surface area contributed by atoms with Gasteiger partial charge >= 0.3 is 0 Å². The summed E-state index contributed by atoms with van der Waals surface area (Å²) in [6, 6.07) is 56.4. The van der Waals surface area contributed by atoms with Gasteiger partial charge in [0.2, 0.25) is 0 Å². The van der Waals surface area contributed by atoms with E-state index in [-0.39, 0.29) is 0 Å². The van der Waals surface area contributed by atoms with Crippen molar-refractivity contribution in [3.8, 4) is 45.3 Å². The van der Waals surface area contributed by atoms with E-state index in [9.17, 15) is 0 Å². The smallest absolute Gasteiger partial charge is 0.167 e. The van der Waals surface area contributed by atoms with Gasteiger partial charge in [-0.15, -0.1) is 0 Å². The Morgan fingerprint density at radius 1 is 0.327 bits per heavy atom. The third-order valence-electron chi connectivity index (χ3n) is 10.1. The first-order valence-electron chi connectivity index (χ1n) is 17.3. The number of benzene rings is 8. The van der Waals surface area contributed by atoms with E-state index >= 15 is 0 Å². The molecule has 0 saturated carbocycles. The molecule has 0 aliphatic rings. The molecular weight excluding hydrogens is 639 g/mol. The van der Waals surface area contributed by atoms with Crippen LogP contribution in [0, 0.1) is 0 Å². The van der Waals surface area contributed by atoms with Gasteiger partial charge in [-0.1, -0.05) is 121 Å². The molecule has 0 radical (unpaired) electrons. The van der Waals surface area contributed by atoms with Crippen LogP contribution in [-0.4, -0.2) is 15.0 Å². The molecule has 11 aromatic rings. The number of fused-ring (bicyclic) bond motifs is 8. The fraction of sp³-hybridized carbons (Fsp3) is 0. The highest BCUT2D eigenvalue weighted by molar-refractivity contribution is 6.16. The summed E-state index contributed by atoms with van der Waals surface area (Å²) in [5.74, 6) is 1.68. The number of aromatic nitrogens is 3. The Balaban J connectivity index is 1.19. The molecule has 0 N–H and O–H groups in total. The van der Waals surface area contributed by atoms with Crippen molar-refractivity contribution in [2.45, 2.75) is 0 Å². The van der Waals surface area contributed by atoms with E-state index < -0.39 is 0 Å². The van der Waals surface area contributed by atoms with Gasteiger partial charge in [0.25, 0.3) is 0 Å². The number of para-hydroxylation sites is 3. The SMILES string of the molecule is c1ccc2cc(-c3nc(-c4cccc5c4oc4ccccc45)nc(-c4ccc(-c5ccc6ccccc6c5)c5oc6ccccc6c45)n3)ccc2c1. The molecule has 0 amide bonds. The van der Waals surface area contributed by atoms with Gasteiger partial charge in [-0.2, -0.15) is 0 Å². The summed E-state index contributed by atoms with van der Waals surface area (Å²) in [6.07, 6.45) is 0. The number of rotatable bonds is 4. The average molecular weight is 666 g/mol. The van der Waals surface area contributed by atoms with Gasteiger partial charge in [0, 0.05) is 38.2 Å². The third kappa shape index (κ3) is 4.46. The summed E-state index contributed by atoms with van der Waals surface area (Å²) < 4.78 is 13.2. The van der Waals surface area contributed by atoms with Gasteiger partial charge < -0.3 is 8.83 Å². The Hall–Kier alpha value is -7.11. The van der Waals surface area contributed by atoms with Crippen LogP contribution in [0.2, 0.25) is 0 Å². The maximum absolute atomic E-state index is 6.70. The van der Waals surface area contributed by atoms with E-state index in [0.29, 0.717) is 17.5 Å². The van der Waals surface area contributed by atoms with Crippen molar-refractivity contribution >= 4 is 65.4 Å². The number of hydrogen-bond donors (Lipinski definition) is 0. The van der Waals surface area contributed by atoms with Crippen LogP contribution in [0.3, 0.4) is 0 Å². The van der Waals surface area contributed by atoms with Gasteiger partial charge in [0.1, 0.15) is 22.3 Å². The van der Waals surface area contributed by atoms with Crippen molar-refractivity contribution in [2.24, 2.45) is 0 Å². The first kappa shape index (κ1) is 28.7. The molecule has 0 fully saturated rings. The number of nitrogens with zero attached hydrogens (tertiary/aromatic N) is 3. The van der Waals surface area contributed by atoms with Crippen molar-refractivity contribution in [1.29, 1.82) is 0 Å². The minimum Gasteiger partial charge on any atom is -0.455 e. The standard InChI is InChI=1S/C47H27N3O2/c1-3-12-30-26-32(22-20-28(30)10-1)34-24-25-38(42-37-15-6-8-19-41(37)52-44(34)42)46-48-45(33-23-21-29-11-2-4-13-31(29)27-33)49-47(50-46)39-17-9-16-36-35-14-5-7-18-40(35)51-43(36)39/h1-27H. The Bertz CT molecular complexity index is 3210. The van der Waals surface area contributed by atoms with Crippen molar-refractivity contribution in [1.82, 2.24) is 15.0 Å². The fourth-order valence-corrected chi connectivity index (χ4v) is 7.60. The van der Waals surface area contributed by atoms with Gasteiger partial charge in [0.05, 0.1) is 5.56 Å². The lowest BCUT2D eigenvalue weighted by Crippen LogP contribution is -2.01. The minimum atomic E-state index is 0.539. The molecule has 3 aromatic heterocycles. The van der Waals surface area contributed by atoms with Gasteiger partial charge in [-0.25, -0.2) is 15.0 Å². The molecule has 5 heteroatoms. The first-order valence-corrected chi connectivity index (χ1v) is 17.3. The first-order chi connectivity index (χ1) is 25.7. The highest BCUT2D eigenvalue weighted by Gasteiger charge is 2.22. The van der Waals surface area contributed by atoms with Crippen molar-refractivity contribution in [2.75, 3.05) is 0 Å². The number of furan rings is 2.